The third kappa shape index (κ3) is 3.52. The van der Waals surface area contributed by atoms with Gasteiger partial charge >= 0.3 is 0 Å². The lowest BCUT2D eigenvalue weighted by atomic mass is 9.91. The lowest BCUT2D eigenvalue weighted by molar-refractivity contribution is 0.318. The van der Waals surface area contributed by atoms with Crippen molar-refractivity contribution in [1.82, 2.24) is 15.3 Å². The Hall–Kier alpha value is -0.960. The summed E-state index contributed by atoms with van der Waals surface area (Å²) in [5.74, 6) is 1.68. The van der Waals surface area contributed by atoms with Crippen molar-refractivity contribution in [3.63, 3.8) is 0 Å². The van der Waals surface area contributed by atoms with Gasteiger partial charge in [-0.2, -0.15) is 0 Å². The number of nitrogens with zero attached hydrogens (tertiary/aromatic N) is 2. The first-order chi connectivity index (χ1) is 8.81. The number of hydrogen-bond acceptors (Lipinski definition) is 3. The molecule has 1 N–H and O–H groups in total. The minimum atomic E-state index is 0.341. The van der Waals surface area contributed by atoms with E-state index >= 15 is 0 Å². The maximum atomic E-state index is 4.53. The monoisotopic (exact) mass is 247 g/mol. The third-order valence-corrected chi connectivity index (χ3v) is 3.87. The van der Waals surface area contributed by atoms with Gasteiger partial charge < -0.3 is 5.32 Å². The minimum Gasteiger partial charge on any atom is -0.307 e. The summed E-state index contributed by atoms with van der Waals surface area (Å²) in [7, 11) is 0. The van der Waals surface area contributed by atoms with Crippen LogP contribution in [0.25, 0.3) is 0 Å². The van der Waals surface area contributed by atoms with E-state index in [0.717, 1.165) is 17.9 Å². The van der Waals surface area contributed by atoms with Gasteiger partial charge in [-0.25, -0.2) is 9.97 Å². The van der Waals surface area contributed by atoms with Gasteiger partial charge in [0.15, 0.2) is 0 Å². The highest BCUT2D eigenvalue weighted by atomic mass is 15.0. The van der Waals surface area contributed by atoms with Gasteiger partial charge in [-0.15, -0.1) is 0 Å². The lowest BCUT2D eigenvalue weighted by Gasteiger charge is -2.25. The number of rotatable bonds is 4. The van der Waals surface area contributed by atoms with Crippen LogP contribution in [0.5, 0.6) is 0 Å². The second kappa shape index (κ2) is 6.83. The summed E-state index contributed by atoms with van der Waals surface area (Å²) < 4.78 is 0. The molecule has 0 radical (unpaired) electrons. The topological polar surface area (TPSA) is 37.8 Å². The van der Waals surface area contributed by atoms with E-state index in [9.17, 15) is 0 Å². The van der Waals surface area contributed by atoms with Crippen LogP contribution >= 0.6 is 0 Å². The summed E-state index contributed by atoms with van der Waals surface area (Å²) in [4.78, 5) is 9.06. The summed E-state index contributed by atoms with van der Waals surface area (Å²) in [6, 6.07) is 0.341. The van der Waals surface area contributed by atoms with Crippen molar-refractivity contribution >= 4 is 0 Å². The summed E-state index contributed by atoms with van der Waals surface area (Å²) >= 11 is 0. The minimum absolute atomic E-state index is 0.341. The van der Waals surface area contributed by atoms with Crippen molar-refractivity contribution in [3.05, 3.63) is 23.8 Å². The van der Waals surface area contributed by atoms with Crippen LogP contribution in [0.4, 0.5) is 0 Å². The van der Waals surface area contributed by atoms with E-state index in [1.54, 1.807) is 0 Å². The SMILES string of the molecule is CCNC(c1ncc(C)cn1)C1CCCCCC1. The molecular weight excluding hydrogens is 222 g/mol. The zero-order valence-corrected chi connectivity index (χ0v) is 11.7. The molecule has 1 fully saturated rings. The van der Waals surface area contributed by atoms with E-state index in [-0.39, 0.29) is 0 Å². The van der Waals surface area contributed by atoms with Crippen molar-refractivity contribution in [2.24, 2.45) is 5.92 Å². The van der Waals surface area contributed by atoms with E-state index in [2.05, 4.69) is 22.2 Å². The van der Waals surface area contributed by atoms with E-state index in [1.165, 1.54) is 38.5 Å². The zero-order chi connectivity index (χ0) is 12.8. The molecule has 2 rings (SSSR count). The molecule has 1 saturated carbocycles. The molecule has 100 valence electrons. The van der Waals surface area contributed by atoms with Crippen LogP contribution in [0, 0.1) is 12.8 Å². The highest BCUT2D eigenvalue weighted by molar-refractivity contribution is 5.05. The molecule has 0 bridgehead atoms. The zero-order valence-electron chi connectivity index (χ0n) is 11.7. The van der Waals surface area contributed by atoms with Crippen molar-refractivity contribution in [1.29, 1.82) is 0 Å². The van der Waals surface area contributed by atoms with Gasteiger partial charge in [-0.1, -0.05) is 32.6 Å². The Kier molecular flexibility index (Phi) is 5.12. The molecule has 0 amide bonds. The highest BCUT2D eigenvalue weighted by Gasteiger charge is 2.25. The van der Waals surface area contributed by atoms with E-state index in [0.29, 0.717) is 12.0 Å². The van der Waals surface area contributed by atoms with Crippen LogP contribution in [-0.4, -0.2) is 16.5 Å². The maximum Gasteiger partial charge on any atom is 0.145 e. The Labute approximate surface area is 110 Å². The Balaban J connectivity index is 2.12. The summed E-state index contributed by atoms with van der Waals surface area (Å²) in [5, 5.41) is 3.59. The Morgan fingerprint density at radius 1 is 1.17 bits per heavy atom. The van der Waals surface area contributed by atoms with E-state index < -0.39 is 0 Å². The Bertz CT molecular complexity index is 339. The van der Waals surface area contributed by atoms with Gasteiger partial charge in [-0.3, -0.25) is 0 Å². The Morgan fingerprint density at radius 2 is 1.78 bits per heavy atom. The van der Waals surface area contributed by atoms with E-state index in [1.807, 2.05) is 19.3 Å². The average molecular weight is 247 g/mol. The van der Waals surface area contributed by atoms with Crippen molar-refractivity contribution in [3.8, 4) is 0 Å². The van der Waals surface area contributed by atoms with Crippen LogP contribution in [0.15, 0.2) is 12.4 Å². The summed E-state index contributed by atoms with van der Waals surface area (Å²) in [6.07, 6.45) is 12.0. The van der Waals surface area contributed by atoms with Crippen LogP contribution in [0.3, 0.4) is 0 Å². The van der Waals surface area contributed by atoms with Gasteiger partial charge in [0.05, 0.1) is 6.04 Å². The van der Waals surface area contributed by atoms with Crippen LogP contribution in [0.1, 0.15) is 62.9 Å². The van der Waals surface area contributed by atoms with Gasteiger partial charge in [0.2, 0.25) is 0 Å². The maximum absolute atomic E-state index is 4.53. The number of hydrogen-bond donors (Lipinski definition) is 1. The van der Waals surface area contributed by atoms with Crippen molar-refractivity contribution in [2.75, 3.05) is 6.54 Å². The molecular formula is C15H25N3. The first kappa shape index (κ1) is 13.5. The normalized spacial score (nSPS) is 19.4. The number of aryl methyl sites for hydroxylation is 1. The number of nitrogens with one attached hydrogen (secondary N) is 1. The van der Waals surface area contributed by atoms with Gasteiger partial charge in [0, 0.05) is 12.4 Å². The van der Waals surface area contributed by atoms with E-state index in [4.69, 9.17) is 0 Å². The van der Waals surface area contributed by atoms with Gasteiger partial charge in [0.1, 0.15) is 5.82 Å². The molecule has 0 saturated heterocycles. The van der Waals surface area contributed by atoms with Crippen molar-refractivity contribution < 1.29 is 0 Å². The molecule has 1 aromatic heterocycles. The molecule has 1 atom stereocenters. The first-order valence-electron chi connectivity index (χ1n) is 7.33. The molecule has 1 unspecified atom stereocenters. The quantitative estimate of drug-likeness (QED) is 0.829. The summed E-state index contributed by atoms with van der Waals surface area (Å²) in [6.45, 7) is 5.19. The molecule has 18 heavy (non-hydrogen) atoms. The average Bonchev–Trinajstić information content (AvgIpc) is 2.66. The fraction of sp³-hybridized carbons (Fsp3) is 0.733. The Morgan fingerprint density at radius 3 is 2.33 bits per heavy atom. The number of aromatic nitrogens is 2. The highest BCUT2D eigenvalue weighted by Crippen LogP contribution is 2.32. The van der Waals surface area contributed by atoms with Gasteiger partial charge in [-0.05, 0) is 37.8 Å². The fourth-order valence-corrected chi connectivity index (χ4v) is 2.90. The van der Waals surface area contributed by atoms with Crippen molar-refractivity contribution in [2.45, 2.75) is 58.4 Å². The second-order valence-corrected chi connectivity index (χ2v) is 5.41. The molecule has 1 aliphatic carbocycles. The largest absolute Gasteiger partial charge is 0.307 e. The second-order valence-electron chi connectivity index (χ2n) is 5.41. The molecule has 0 aromatic carbocycles. The predicted molar refractivity (Wildman–Crippen MR) is 74.4 cm³/mol. The molecule has 3 nitrogen and oxygen atoms in total. The first-order valence-corrected chi connectivity index (χ1v) is 7.33. The van der Waals surface area contributed by atoms with Crippen LogP contribution in [0.2, 0.25) is 0 Å². The van der Waals surface area contributed by atoms with Crippen LogP contribution in [-0.2, 0) is 0 Å². The summed E-state index contributed by atoms with van der Waals surface area (Å²) in [5.41, 5.74) is 1.13. The lowest BCUT2D eigenvalue weighted by Crippen LogP contribution is -2.29. The van der Waals surface area contributed by atoms with Crippen LogP contribution < -0.4 is 5.32 Å². The molecule has 0 spiro atoms. The molecule has 1 heterocycles. The fourth-order valence-electron chi connectivity index (χ4n) is 2.90. The standard InChI is InChI=1S/C15H25N3/c1-3-16-14(13-8-6-4-5-7-9-13)15-17-10-12(2)11-18-15/h10-11,13-14,16H,3-9H2,1-2H3. The molecule has 3 heteroatoms. The molecule has 0 aliphatic heterocycles. The molecule has 1 aromatic rings. The third-order valence-electron chi connectivity index (χ3n) is 3.87. The predicted octanol–water partition coefficient (Wildman–Crippen LogP) is 3.41. The molecule has 1 aliphatic rings. The smallest absolute Gasteiger partial charge is 0.145 e. The van der Waals surface area contributed by atoms with Gasteiger partial charge in [0.25, 0.3) is 0 Å².